The third-order valence-corrected chi connectivity index (χ3v) is 5.49. The Morgan fingerprint density at radius 2 is 1.96 bits per heavy atom. The summed E-state index contributed by atoms with van der Waals surface area (Å²) in [6, 6.07) is 11.6. The summed E-state index contributed by atoms with van der Waals surface area (Å²) < 4.78 is 2.03. The summed E-state index contributed by atoms with van der Waals surface area (Å²) in [6.45, 7) is 9.82. The Labute approximate surface area is 163 Å². The van der Waals surface area contributed by atoms with E-state index < -0.39 is 0 Å². The summed E-state index contributed by atoms with van der Waals surface area (Å²) in [6.07, 6.45) is 7.31. The number of hydrogen-bond donors (Lipinski definition) is 1. The van der Waals surface area contributed by atoms with Gasteiger partial charge in [-0.3, -0.25) is 14.5 Å². The molecule has 1 aromatic carbocycles. The van der Waals surface area contributed by atoms with Crippen molar-refractivity contribution in [1.29, 1.82) is 0 Å². The molecule has 148 valence electrons. The largest absolute Gasteiger partial charge is 0.396 e. The number of hydrogen-bond acceptors (Lipinski definition) is 4. The van der Waals surface area contributed by atoms with Crippen LogP contribution in [0.2, 0.25) is 0 Å². The standard InChI is InChI=1S/C22H34N4O/c1-19(2)26-17-21(15-23-26)16-24-12-13-25(22(18-24)10-14-27)11-6-9-20-7-4-3-5-8-20/h3-5,7-8,15,17,19,22,27H,6,9-14,16,18H2,1-2H3. The highest BCUT2D eigenvalue weighted by atomic mass is 16.3. The molecule has 5 nitrogen and oxygen atoms in total. The minimum atomic E-state index is 0.263. The highest BCUT2D eigenvalue weighted by molar-refractivity contribution is 5.14. The van der Waals surface area contributed by atoms with Gasteiger partial charge in [0.05, 0.1) is 6.20 Å². The molecule has 1 N–H and O–H groups in total. The second-order valence-electron chi connectivity index (χ2n) is 7.95. The summed E-state index contributed by atoms with van der Waals surface area (Å²) in [5.41, 5.74) is 2.70. The lowest BCUT2D eigenvalue weighted by molar-refractivity contribution is 0.0546. The van der Waals surface area contributed by atoms with Gasteiger partial charge in [0.1, 0.15) is 0 Å². The zero-order valence-corrected chi connectivity index (χ0v) is 16.8. The number of aromatic nitrogens is 2. The molecular formula is C22H34N4O. The van der Waals surface area contributed by atoms with Crippen molar-refractivity contribution in [1.82, 2.24) is 19.6 Å². The van der Waals surface area contributed by atoms with Crippen LogP contribution >= 0.6 is 0 Å². The third-order valence-electron chi connectivity index (χ3n) is 5.49. The zero-order chi connectivity index (χ0) is 19.1. The van der Waals surface area contributed by atoms with Crippen LogP contribution in [-0.4, -0.2) is 63.5 Å². The Morgan fingerprint density at radius 1 is 1.15 bits per heavy atom. The molecule has 27 heavy (non-hydrogen) atoms. The lowest BCUT2D eigenvalue weighted by atomic mass is 10.1. The number of aliphatic hydroxyl groups is 1. The molecule has 3 rings (SSSR count). The lowest BCUT2D eigenvalue weighted by Gasteiger charge is -2.41. The number of nitrogens with zero attached hydrogens (tertiary/aromatic N) is 4. The van der Waals surface area contributed by atoms with E-state index >= 15 is 0 Å². The van der Waals surface area contributed by atoms with Crippen molar-refractivity contribution in [2.24, 2.45) is 0 Å². The summed E-state index contributed by atoms with van der Waals surface area (Å²) in [7, 11) is 0. The van der Waals surface area contributed by atoms with Gasteiger partial charge in [0, 0.05) is 56.6 Å². The van der Waals surface area contributed by atoms with E-state index in [1.54, 1.807) is 0 Å². The van der Waals surface area contributed by atoms with Gasteiger partial charge in [0.15, 0.2) is 0 Å². The Kier molecular flexibility index (Phi) is 7.44. The van der Waals surface area contributed by atoms with E-state index in [-0.39, 0.29) is 6.61 Å². The summed E-state index contributed by atoms with van der Waals surface area (Å²) in [5, 5.41) is 14.0. The third kappa shape index (κ3) is 5.89. The topological polar surface area (TPSA) is 44.5 Å². The van der Waals surface area contributed by atoms with E-state index in [2.05, 4.69) is 65.3 Å². The maximum atomic E-state index is 9.52. The van der Waals surface area contributed by atoms with E-state index in [0.29, 0.717) is 12.1 Å². The minimum Gasteiger partial charge on any atom is -0.396 e. The molecule has 0 amide bonds. The van der Waals surface area contributed by atoms with Crippen LogP contribution in [0.5, 0.6) is 0 Å². The number of piperazine rings is 1. The number of aryl methyl sites for hydroxylation is 1. The van der Waals surface area contributed by atoms with Gasteiger partial charge in [0.25, 0.3) is 0 Å². The van der Waals surface area contributed by atoms with E-state index in [1.165, 1.54) is 17.5 Å². The van der Waals surface area contributed by atoms with Crippen molar-refractivity contribution in [3.8, 4) is 0 Å². The van der Waals surface area contributed by atoms with Crippen LogP contribution in [0.1, 0.15) is 43.9 Å². The first-order valence-corrected chi connectivity index (χ1v) is 10.3. The first kappa shape index (κ1) is 20.1. The van der Waals surface area contributed by atoms with Crippen molar-refractivity contribution in [3.63, 3.8) is 0 Å². The molecule has 1 atom stereocenters. The molecule has 0 saturated carbocycles. The molecule has 0 spiro atoms. The SMILES string of the molecule is CC(C)n1cc(CN2CCN(CCCc3ccccc3)C(CCO)C2)cn1. The smallest absolute Gasteiger partial charge is 0.0534 e. The summed E-state index contributed by atoms with van der Waals surface area (Å²) in [4.78, 5) is 5.09. The normalized spacial score (nSPS) is 19.0. The van der Waals surface area contributed by atoms with Gasteiger partial charge in [-0.1, -0.05) is 30.3 Å². The molecule has 2 heterocycles. The van der Waals surface area contributed by atoms with Gasteiger partial charge >= 0.3 is 0 Å². The maximum Gasteiger partial charge on any atom is 0.0534 e. The molecule has 1 fully saturated rings. The highest BCUT2D eigenvalue weighted by Crippen LogP contribution is 2.17. The predicted molar refractivity (Wildman–Crippen MR) is 110 cm³/mol. The molecule has 5 heteroatoms. The summed E-state index contributed by atoms with van der Waals surface area (Å²) in [5.74, 6) is 0. The van der Waals surface area contributed by atoms with Crippen LogP contribution in [0, 0.1) is 0 Å². The van der Waals surface area contributed by atoms with Crippen LogP contribution in [0.15, 0.2) is 42.7 Å². The molecular weight excluding hydrogens is 336 g/mol. The van der Waals surface area contributed by atoms with Gasteiger partial charge in [0.2, 0.25) is 0 Å². The van der Waals surface area contributed by atoms with E-state index in [0.717, 1.165) is 45.6 Å². The van der Waals surface area contributed by atoms with Gasteiger partial charge < -0.3 is 5.11 Å². The number of benzene rings is 1. The molecule has 1 aliphatic rings. The van der Waals surface area contributed by atoms with Crippen molar-refractivity contribution in [3.05, 3.63) is 53.9 Å². The second kappa shape index (κ2) is 10.0. The van der Waals surface area contributed by atoms with Crippen molar-refractivity contribution >= 4 is 0 Å². The van der Waals surface area contributed by atoms with Gasteiger partial charge in [-0.15, -0.1) is 0 Å². The molecule has 1 aliphatic heterocycles. The van der Waals surface area contributed by atoms with Crippen LogP contribution < -0.4 is 0 Å². The van der Waals surface area contributed by atoms with E-state index in [4.69, 9.17) is 0 Å². The van der Waals surface area contributed by atoms with Crippen LogP contribution in [0.25, 0.3) is 0 Å². The van der Waals surface area contributed by atoms with Gasteiger partial charge in [-0.05, 0) is 45.2 Å². The second-order valence-corrected chi connectivity index (χ2v) is 7.95. The molecule has 1 saturated heterocycles. The first-order chi connectivity index (χ1) is 13.2. The predicted octanol–water partition coefficient (Wildman–Crippen LogP) is 2.97. The molecule has 1 aromatic heterocycles. The van der Waals surface area contributed by atoms with Crippen molar-refractivity contribution < 1.29 is 5.11 Å². The van der Waals surface area contributed by atoms with Crippen LogP contribution in [-0.2, 0) is 13.0 Å². The molecule has 1 unspecified atom stereocenters. The minimum absolute atomic E-state index is 0.263. The Balaban J connectivity index is 1.49. The maximum absolute atomic E-state index is 9.52. The Morgan fingerprint density at radius 3 is 2.67 bits per heavy atom. The molecule has 0 radical (unpaired) electrons. The van der Waals surface area contributed by atoms with Gasteiger partial charge in [-0.2, -0.15) is 5.10 Å². The number of rotatable bonds is 9. The van der Waals surface area contributed by atoms with Crippen molar-refractivity contribution in [2.75, 3.05) is 32.8 Å². The Bertz CT molecular complexity index is 670. The van der Waals surface area contributed by atoms with Crippen molar-refractivity contribution in [2.45, 2.75) is 51.7 Å². The fraction of sp³-hybridized carbons (Fsp3) is 0.591. The van der Waals surface area contributed by atoms with E-state index in [9.17, 15) is 5.11 Å². The number of aliphatic hydroxyl groups excluding tert-OH is 1. The van der Waals surface area contributed by atoms with Crippen LogP contribution in [0.3, 0.4) is 0 Å². The molecule has 0 bridgehead atoms. The lowest BCUT2D eigenvalue weighted by Crippen LogP contribution is -2.53. The first-order valence-electron chi connectivity index (χ1n) is 10.3. The summed E-state index contributed by atoms with van der Waals surface area (Å²) >= 11 is 0. The fourth-order valence-electron chi connectivity index (χ4n) is 3.95. The van der Waals surface area contributed by atoms with Gasteiger partial charge in [-0.25, -0.2) is 0 Å². The average Bonchev–Trinajstić information content (AvgIpc) is 3.13. The Hall–Kier alpha value is -1.69. The molecule has 2 aromatic rings. The monoisotopic (exact) mass is 370 g/mol. The highest BCUT2D eigenvalue weighted by Gasteiger charge is 2.26. The average molecular weight is 371 g/mol. The fourth-order valence-corrected chi connectivity index (χ4v) is 3.95. The zero-order valence-electron chi connectivity index (χ0n) is 16.8. The van der Waals surface area contributed by atoms with E-state index in [1.807, 2.05) is 10.9 Å². The molecule has 0 aliphatic carbocycles. The van der Waals surface area contributed by atoms with Crippen LogP contribution in [0.4, 0.5) is 0 Å². The quantitative estimate of drug-likeness (QED) is 0.737.